The summed E-state index contributed by atoms with van der Waals surface area (Å²) in [5.41, 5.74) is 12.2. The molecule has 30 heavy (non-hydrogen) atoms. The molecule has 154 valence electrons. The van der Waals surface area contributed by atoms with E-state index in [2.05, 4.69) is 22.3 Å². The van der Waals surface area contributed by atoms with Crippen molar-refractivity contribution >= 4 is 23.4 Å². The minimum atomic E-state index is -0.574. The van der Waals surface area contributed by atoms with Gasteiger partial charge in [0.2, 0.25) is 11.8 Å². The Labute approximate surface area is 174 Å². The highest BCUT2D eigenvalue weighted by Crippen LogP contribution is 2.30. The van der Waals surface area contributed by atoms with Gasteiger partial charge in [0, 0.05) is 43.9 Å². The van der Waals surface area contributed by atoms with Crippen LogP contribution in [0.4, 0.5) is 5.69 Å². The first-order valence-electron chi connectivity index (χ1n) is 10.3. The molecule has 0 spiro atoms. The molecule has 3 N–H and O–H groups in total. The second kappa shape index (κ2) is 7.25. The van der Waals surface area contributed by atoms with Crippen molar-refractivity contribution < 1.29 is 14.4 Å². The van der Waals surface area contributed by atoms with E-state index in [9.17, 15) is 14.4 Å². The van der Waals surface area contributed by atoms with Gasteiger partial charge in [-0.25, -0.2) is 0 Å². The van der Waals surface area contributed by atoms with Gasteiger partial charge < -0.3 is 10.6 Å². The summed E-state index contributed by atoms with van der Waals surface area (Å²) in [5.74, 6) is -0.774. The number of benzene rings is 2. The van der Waals surface area contributed by atoms with Crippen molar-refractivity contribution in [1.82, 2.24) is 15.1 Å². The van der Waals surface area contributed by atoms with Crippen molar-refractivity contribution in [2.75, 3.05) is 12.3 Å². The SMILES string of the molecule is Nc1cccc2c1CCN(Cc1ccc3c(c1)C(=O)N(C1CCC(=O)NC1=O)C3)C2. The summed E-state index contributed by atoms with van der Waals surface area (Å²) >= 11 is 0. The quantitative estimate of drug-likeness (QED) is 0.598. The number of piperidine rings is 1. The molecule has 2 aromatic rings. The van der Waals surface area contributed by atoms with Gasteiger partial charge in [-0.2, -0.15) is 0 Å². The third kappa shape index (κ3) is 3.25. The van der Waals surface area contributed by atoms with E-state index < -0.39 is 6.04 Å². The van der Waals surface area contributed by atoms with Crippen LogP contribution in [0.15, 0.2) is 36.4 Å². The lowest BCUT2D eigenvalue weighted by Gasteiger charge is -2.29. The summed E-state index contributed by atoms with van der Waals surface area (Å²) in [6, 6.07) is 11.5. The number of nitrogens with zero attached hydrogens (tertiary/aromatic N) is 2. The molecular weight excluding hydrogens is 380 g/mol. The smallest absolute Gasteiger partial charge is 0.255 e. The van der Waals surface area contributed by atoms with Crippen LogP contribution in [0.25, 0.3) is 0 Å². The molecule has 7 heteroatoms. The average molecular weight is 404 g/mol. The molecule has 3 heterocycles. The molecule has 2 aromatic carbocycles. The van der Waals surface area contributed by atoms with E-state index in [1.165, 1.54) is 11.1 Å². The summed E-state index contributed by atoms with van der Waals surface area (Å²) in [6.45, 7) is 2.94. The molecule has 0 saturated carbocycles. The predicted octanol–water partition coefficient (Wildman–Crippen LogP) is 1.59. The fourth-order valence-corrected chi connectivity index (χ4v) is 4.79. The predicted molar refractivity (Wildman–Crippen MR) is 111 cm³/mol. The molecule has 1 unspecified atom stereocenters. The molecule has 1 atom stereocenters. The van der Waals surface area contributed by atoms with E-state index in [0.717, 1.165) is 42.9 Å². The zero-order valence-electron chi connectivity index (χ0n) is 16.7. The number of nitrogen functional groups attached to an aromatic ring is 1. The Balaban J connectivity index is 1.31. The first-order valence-corrected chi connectivity index (χ1v) is 10.3. The Kier molecular flexibility index (Phi) is 4.55. The first-order chi connectivity index (χ1) is 14.5. The topological polar surface area (TPSA) is 95.7 Å². The van der Waals surface area contributed by atoms with Crippen LogP contribution in [0.3, 0.4) is 0 Å². The second-order valence-electron chi connectivity index (χ2n) is 8.34. The summed E-state index contributed by atoms with van der Waals surface area (Å²) in [4.78, 5) is 40.6. The zero-order chi connectivity index (χ0) is 20.8. The van der Waals surface area contributed by atoms with Crippen molar-refractivity contribution in [3.05, 3.63) is 64.2 Å². The highest BCUT2D eigenvalue weighted by atomic mass is 16.2. The number of rotatable bonds is 3. The fraction of sp³-hybridized carbons (Fsp3) is 0.348. The van der Waals surface area contributed by atoms with Crippen LogP contribution in [-0.4, -0.2) is 40.1 Å². The lowest BCUT2D eigenvalue weighted by molar-refractivity contribution is -0.136. The Morgan fingerprint density at radius 2 is 1.90 bits per heavy atom. The van der Waals surface area contributed by atoms with Crippen LogP contribution in [0, 0.1) is 0 Å². The van der Waals surface area contributed by atoms with Gasteiger partial charge >= 0.3 is 0 Å². The van der Waals surface area contributed by atoms with Crippen LogP contribution in [0.1, 0.15) is 45.5 Å². The number of hydrogen-bond donors (Lipinski definition) is 2. The summed E-state index contributed by atoms with van der Waals surface area (Å²) in [5, 5.41) is 2.34. The average Bonchev–Trinajstić information content (AvgIpc) is 3.04. The van der Waals surface area contributed by atoms with Gasteiger partial charge in [-0.15, -0.1) is 0 Å². The number of nitrogens with one attached hydrogen (secondary N) is 1. The van der Waals surface area contributed by atoms with E-state index in [0.29, 0.717) is 18.5 Å². The third-order valence-corrected chi connectivity index (χ3v) is 6.38. The molecule has 5 rings (SSSR count). The lowest BCUT2D eigenvalue weighted by atomic mass is 9.97. The van der Waals surface area contributed by atoms with Gasteiger partial charge in [-0.05, 0) is 47.2 Å². The third-order valence-electron chi connectivity index (χ3n) is 6.38. The van der Waals surface area contributed by atoms with E-state index in [1.54, 1.807) is 4.90 Å². The van der Waals surface area contributed by atoms with Gasteiger partial charge in [0.25, 0.3) is 5.91 Å². The minimum Gasteiger partial charge on any atom is -0.398 e. The van der Waals surface area contributed by atoms with Gasteiger partial charge in [0.05, 0.1) is 0 Å². The maximum absolute atomic E-state index is 13.0. The molecule has 3 aliphatic heterocycles. The fourth-order valence-electron chi connectivity index (χ4n) is 4.79. The Hall–Kier alpha value is -3.19. The van der Waals surface area contributed by atoms with Gasteiger partial charge in [0.15, 0.2) is 0 Å². The molecule has 0 bridgehead atoms. The van der Waals surface area contributed by atoms with E-state index in [4.69, 9.17) is 5.73 Å². The van der Waals surface area contributed by atoms with E-state index in [1.807, 2.05) is 24.3 Å². The number of fused-ring (bicyclic) bond motifs is 2. The van der Waals surface area contributed by atoms with Crippen LogP contribution in [0.5, 0.6) is 0 Å². The molecule has 3 amide bonds. The maximum atomic E-state index is 13.0. The monoisotopic (exact) mass is 404 g/mol. The van der Waals surface area contributed by atoms with Gasteiger partial charge in [-0.3, -0.25) is 24.6 Å². The molecule has 0 radical (unpaired) electrons. The van der Waals surface area contributed by atoms with Gasteiger partial charge in [0.1, 0.15) is 6.04 Å². The lowest BCUT2D eigenvalue weighted by Crippen LogP contribution is -2.52. The largest absolute Gasteiger partial charge is 0.398 e. The van der Waals surface area contributed by atoms with Crippen LogP contribution >= 0.6 is 0 Å². The Bertz CT molecular complexity index is 1060. The molecule has 0 aliphatic carbocycles. The van der Waals surface area contributed by atoms with Crippen LogP contribution in [0.2, 0.25) is 0 Å². The second-order valence-corrected chi connectivity index (χ2v) is 8.34. The summed E-state index contributed by atoms with van der Waals surface area (Å²) in [6.07, 6.45) is 1.57. The maximum Gasteiger partial charge on any atom is 0.255 e. The molecule has 1 saturated heterocycles. The number of carbonyl (C=O) groups is 3. The number of imide groups is 1. The number of nitrogens with two attached hydrogens (primary N) is 1. The highest BCUT2D eigenvalue weighted by Gasteiger charge is 2.39. The molecule has 3 aliphatic rings. The number of amides is 3. The first kappa shape index (κ1) is 18.8. The molecule has 1 fully saturated rings. The standard InChI is InChI=1S/C23H24N4O3/c24-19-3-1-2-15-12-26(9-8-17(15)19)11-14-4-5-16-13-27(23(30)18(16)10-14)20-6-7-21(28)25-22(20)29/h1-5,10,20H,6-9,11-13,24H2,(H,25,28,29). The van der Waals surface area contributed by atoms with Crippen molar-refractivity contribution in [1.29, 1.82) is 0 Å². The van der Waals surface area contributed by atoms with Crippen molar-refractivity contribution in [2.45, 2.75) is 44.9 Å². The van der Waals surface area contributed by atoms with Crippen molar-refractivity contribution in [3.8, 4) is 0 Å². The van der Waals surface area contributed by atoms with Crippen LogP contribution < -0.4 is 11.1 Å². The van der Waals surface area contributed by atoms with E-state index >= 15 is 0 Å². The zero-order valence-corrected chi connectivity index (χ0v) is 16.7. The minimum absolute atomic E-state index is 0.127. The Morgan fingerprint density at radius 1 is 1.03 bits per heavy atom. The molecule has 7 nitrogen and oxygen atoms in total. The number of anilines is 1. The summed E-state index contributed by atoms with van der Waals surface area (Å²) < 4.78 is 0. The van der Waals surface area contributed by atoms with E-state index in [-0.39, 0.29) is 24.1 Å². The normalized spacial score (nSPS) is 21.4. The molecule has 0 aromatic heterocycles. The highest BCUT2D eigenvalue weighted by molar-refractivity contribution is 6.05. The number of carbonyl (C=O) groups excluding carboxylic acids is 3. The van der Waals surface area contributed by atoms with Gasteiger partial charge in [-0.1, -0.05) is 24.3 Å². The summed E-state index contributed by atoms with van der Waals surface area (Å²) in [7, 11) is 0. The van der Waals surface area contributed by atoms with Crippen molar-refractivity contribution in [3.63, 3.8) is 0 Å². The number of hydrogen-bond acceptors (Lipinski definition) is 5. The van der Waals surface area contributed by atoms with Crippen molar-refractivity contribution in [2.24, 2.45) is 0 Å². The Morgan fingerprint density at radius 3 is 2.73 bits per heavy atom. The molecular formula is C23H24N4O3. The van der Waals surface area contributed by atoms with Crippen LogP contribution in [-0.2, 0) is 35.6 Å².